The number of halogens is 1. The highest BCUT2D eigenvalue weighted by Gasteiger charge is 2.09. The molecule has 0 bridgehead atoms. The molecule has 0 atom stereocenters. The van der Waals surface area contributed by atoms with E-state index in [1.807, 2.05) is 25.1 Å². The van der Waals surface area contributed by atoms with E-state index in [-0.39, 0.29) is 5.69 Å². The van der Waals surface area contributed by atoms with Crippen LogP contribution in [-0.4, -0.2) is 12.0 Å². The first-order valence-corrected chi connectivity index (χ1v) is 6.70. The van der Waals surface area contributed by atoms with Gasteiger partial charge in [0.25, 0.3) is 5.69 Å². The number of nitro groups is 1. The summed E-state index contributed by atoms with van der Waals surface area (Å²) in [6.45, 7) is 2.55. The van der Waals surface area contributed by atoms with Gasteiger partial charge < -0.3 is 10.1 Å². The van der Waals surface area contributed by atoms with Gasteiger partial charge in [0, 0.05) is 18.7 Å². The Labute approximate surface area is 127 Å². The van der Waals surface area contributed by atoms with Crippen LogP contribution in [0.5, 0.6) is 5.75 Å². The van der Waals surface area contributed by atoms with E-state index in [0.717, 1.165) is 16.9 Å². The third-order valence-corrected chi connectivity index (χ3v) is 3.42. The Morgan fingerprint density at radius 1 is 1.29 bits per heavy atom. The fourth-order valence-electron chi connectivity index (χ4n) is 2.01. The molecule has 0 radical (unpaired) electrons. The van der Waals surface area contributed by atoms with Crippen molar-refractivity contribution in [2.45, 2.75) is 13.5 Å². The van der Waals surface area contributed by atoms with Crippen molar-refractivity contribution >= 4 is 23.0 Å². The van der Waals surface area contributed by atoms with Crippen molar-refractivity contribution in [1.82, 2.24) is 0 Å². The Balaban J connectivity index is 2.09. The largest absolute Gasteiger partial charge is 0.496 e. The standard InChI is InChI=1S/C15H15ClN2O3/c1-10-7-11(3-6-15(10)21-2)9-17-14-5-4-12(18(19)20)8-13(14)16/h3-8,17H,9H2,1-2H3. The topological polar surface area (TPSA) is 64.4 Å². The Morgan fingerprint density at radius 3 is 2.62 bits per heavy atom. The summed E-state index contributed by atoms with van der Waals surface area (Å²) in [5.74, 6) is 0.840. The lowest BCUT2D eigenvalue weighted by Crippen LogP contribution is -2.01. The van der Waals surface area contributed by atoms with Crippen LogP contribution in [0.2, 0.25) is 5.02 Å². The molecular weight excluding hydrogens is 292 g/mol. The van der Waals surface area contributed by atoms with Crippen LogP contribution >= 0.6 is 11.6 Å². The summed E-state index contributed by atoms with van der Waals surface area (Å²) in [4.78, 5) is 10.2. The van der Waals surface area contributed by atoms with Crippen molar-refractivity contribution in [1.29, 1.82) is 0 Å². The van der Waals surface area contributed by atoms with E-state index < -0.39 is 4.92 Å². The quantitative estimate of drug-likeness (QED) is 0.665. The van der Waals surface area contributed by atoms with E-state index >= 15 is 0 Å². The number of benzene rings is 2. The molecular formula is C15H15ClN2O3. The molecule has 2 aromatic rings. The maximum absolute atomic E-state index is 10.7. The first-order valence-electron chi connectivity index (χ1n) is 6.32. The lowest BCUT2D eigenvalue weighted by molar-refractivity contribution is -0.384. The summed E-state index contributed by atoms with van der Waals surface area (Å²) in [5, 5.41) is 14.1. The lowest BCUT2D eigenvalue weighted by atomic mass is 10.1. The van der Waals surface area contributed by atoms with Gasteiger partial charge in [0.05, 0.1) is 22.7 Å². The van der Waals surface area contributed by atoms with Crippen LogP contribution in [0.1, 0.15) is 11.1 Å². The molecule has 0 saturated carbocycles. The Bertz CT molecular complexity index is 674. The predicted octanol–water partition coefficient (Wildman–Crippen LogP) is 4.18. The number of nitrogens with zero attached hydrogens (tertiary/aromatic N) is 1. The minimum atomic E-state index is -0.470. The summed E-state index contributed by atoms with van der Waals surface area (Å²) >= 11 is 6.03. The van der Waals surface area contributed by atoms with Crippen LogP contribution in [0.4, 0.5) is 11.4 Å². The van der Waals surface area contributed by atoms with Gasteiger partial charge in [-0.25, -0.2) is 0 Å². The number of aryl methyl sites for hydroxylation is 1. The molecule has 1 N–H and O–H groups in total. The minimum absolute atomic E-state index is 0.0224. The zero-order valence-electron chi connectivity index (χ0n) is 11.7. The normalized spacial score (nSPS) is 10.2. The van der Waals surface area contributed by atoms with Gasteiger partial charge >= 0.3 is 0 Å². The first kappa shape index (κ1) is 15.1. The molecule has 0 aliphatic carbocycles. The highest BCUT2D eigenvalue weighted by molar-refractivity contribution is 6.33. The van der Waals surface area contributed by atoms with E-state index in [9.17, 15) is 10.1 Å². The maximum Gasteiger partial charge on any atom is 0.271 e. The molecule has 2 aromatic carbocycles. The smallest absolute Gasteiger partial charge is 0.271 e. The number of methoxy groups -OCH3 is 1. The molecule has 0 aliphatic heterocycles. The van der Waals surface area contributed by atoms with Crippen molar-refractivity contribution in [3.63, 3.8) is 0 Å². The monoisotopic (exact) mass is 306 g/mol. The molecule has 6 heteroatoms. The molecule has 0 saturated heterocycles. The molecule has 0 unspecified atom stereocenters. The van der Waals surface area contributed by atoms with Gasteiger partial charge in [0.1, 0.15) is 5.75 Å². The van der Waals surface area contributed by atoms with Crippen molar-refractivity contribution in [3.05, 3.63) is 62.7 Å². The highest BCUT2D eigenvalue weighted by atomic mass is 35.5. The lowest BCUT2D eigenvalue weighted by Gasteiger charge is -2.10. The minimum Gasteiger partial charge on any atom is -0.496 e. The molecule has 0 aliphatic rings. The van der Waals surface area contributed by atoms with Crippen LogP contribution in [0.3, 0.4) is 0 Å². The fourth-order valence-corrected chi connectivity index (χ4v) is 2.25. The van der Waals surface area contributed by atoms with E-state index in [1.54, 1.807) is 13.2 Å². The first-order chi connectivity index (χ1) is 10.0. The Hall–Kier alpha value is -2.27. The second kappa shape index (κ2) is 6.45. The molecule has 0 aromatic heterocycles. The van der Waals surface area contributed by atoms with Gasteiger partial charge in [-0.1, -0.05) is 23.7 Å². The second-order valence-electron chi connectivity index (χ2n) is 4.58. The van der Waals surface area contributed by atoms with E-state index in [1.165, 1.54) is 12.1 Å². The average Bonchev–Trinajstić information content (AvgIpc) is 2.46. The molecule has 0 heterocycles. The Kier molecular flexibility index (Phi) is 4.65. The number of hydrogen-bond acceptors (Lipinski definition) is 4. The highest BCUT2D eigenvalue weighted by Crippen LogP contribution is 2.27. The van der Waals surface area contributed by atoms with Gasteiger partial charge in [-0.05, 0) is 30.2 Å². The second-order valence-corrected chi connectivity index (χ2v) is 4.99. The van der Waals surface area contributed by atoms with E-state index in [2.05, 4.69) is 5.32 Å². The number of nitrogens with one attached hydrogen (secondary N) is 1. The van der Waals surface area contributed by atoms with Crippen molar-refractivity contribution in [2.75, 3.05) is 12.4 Å². The zero-order chi connectivity index (χ0) is 15.4. The summed E-state index contributed by atoms with van der Waals surface area (Å²) in [7, 11) is 1.64. The van der Waals surface area contributed by atoms with Crippen LogP contribution < -0.4 is 10.1 Å². The zero-order valence-corrected chi connectivity index (χ0v) is 12.5. The van der Waals surface area contributed by atoms with Gasteiger partial charge in [-0.3, -0.25) is 10.1 Å². The molecule has 0 spiro atoms. The van der Waals surface area contributed by atoms with Gasteiger partial charge in [0.2, 0.25) is 0 Å². The average molecular weight is 307 g/mol. The molecule has 110 valence electrons. The molecule has 21 heavy (non-hydrogen) atoms. The van der Waals surface area contributed by atoms with E-state index in [0.29, 0.717) is 17.3 Å². The number of non-ortho nitro benzene ring substituents is 1. The summed E-state index contributed by atoms with van der Waals surface area (Å²) in [5.41, 5.74) is 2.76. The molecule has 5 nitrogen and oxygen atoms in total. The number of ether oxygens (including phenoxy) is 1. The fraction of sp³-hybridized carbons (Fsp3) is 0.200. The number of nitro benzene ring substituents is 1. The van der Waals surface area contributed by atoms with Crippen LogP contribution in [0.25, 0.3) is 0 Å². The summed E-state index contributed by atoms with van der Waals surface area (Å²) in [6.07, 6.45) is 0. The summed E-state index contributed by atoms with van der Waals surface area (Å²) in [6, 6.07) is 10.3. The third kappa shape index (κ3) is 3.64. The van der Waals surface area contributed by atoms with Gasteiger partial charge in [0.15, 0.2) is 0 Å². The Morgan fingerprint density at radius 2 is 2.05 bits per heavy atom. The van der Waals surface area contributed by atoms with E-state index in [4.69, 9.17) is 16.3 Å². The summed E-state index contributed by atoms with van der Waals surface area (Å²) < 4.78 is 5.21. The number of anilines is 1. The van der Waals surface area contributed by atoms with Gasteiger partial charge in [-0.15, -0.1) is 0 Å². The predicted molar refractivity (Wildman–Crippen MR) is 83.2 cm³/mol. The van der Waals surface area contributed by atoms with Crippen LogP contribution in [0, 0.1) is 17.0 Å². The van der Waals surface area contributed by atoms with Gasteiger partial charge in [-0.2, -0.15) is 0 Å². The third-order valence-electron chi connectivity index (χ3n) is 3.11. The maximum atomic E-state index is 10.7. The number of rotatable bonds is 5. The molecule has 0 amide bonds. The van der Waals surface area contributed by atoms with Crippen LogP contribution in [0.15, 0.2) is 36.4 Å². The molecule has 2 rings (SSSR count). The van der Waals surface area contributed by atoms with Crippen LogP contribution in [-0.2, 0) is 6.54 Å². The number of hydrogen-bond donors (Lipinski definition) is 1. The SMILES string of the molecule is COc1ccc(CNc2ccc([N+](=O)[O-])cc2Cl)cc1C. The van der Waals surface area contributed by atoms with Crippen molar-refractivity contribution in [3.8, 4) is 5.75 Å². The van der Waals surface area contributed by atoms with Crippen molar-refractivity contribution in [2.24, 2.45) is 0 Å². The molecule has 0 fully saturated rings. The van der Waals surface area contributed by atoms with Crippen molar-refractivity contribution < 1.29 is 9.66 Å².